The maximum Gasteiger partial charge on any atom is 0.170 e. The zero-order chi connectivity index (χ0) is 13.7. The lowest BCUT2D eigenvalue weighted by molar-refractivity contribution is 0.131. The maximum absolute atomic E-state index is 8.66. The second kappa shape index (κ2) is 6.38. The molecule has 3 N–H and O–H groups in total. The van der Waals surface area contributed by atoms with Gasteiger partial charge in [0.2, 0.25) is 0 Å². The number of pyridine rings is 1. The van der Waals surface area contributed by atoms with Crippen molar-refractivity contribution in [3.63, 3.8) is 0 Å². The third-order valence-corrected chi connectivity index (χ3v) is 3.16. The molecule has 6 heteroatoms. The van der Waals surface area contributed by atoms with Gasteiger partial charge in [-0.3, -0.25) is 0 Å². The molecule has 1 fully saturated rings. The molecule has 0 unspecified atom stereocenters. The van der Waals surface area contributed by atoms with Gasteiger partial charge in [-0.05, 0) is 30.9 Å². The second-order valence-corrected chi connectivity index (χ2v) is 4.83. The molecule has 0 saturated heterocycles. The summed E-state index contributed by atoms with van der Waals surface area (Å²) in [6, 6.07) is 3.49. The van der Waals surface area contributed by atoms with Gasteiger partial charge < -0.3 is 20.6 Å². The lowest BCUT2D eigenvalue weighted by atomic mass is 10.2. The Morgan fingerprint density at radius 3 is 3.11 bits per heavy atom. The Kier molecular flexibility index (Phi) is 4.57. The first kappa shape index (κ1) is 13.6. The molecule has 0 amide bonds. The van der Waals surface area contributed by atoms with Crippen LogP contribution >= 0.6 is 0 Å². The summed E-state index contributed by atoms with van der Waals surface area (Å²) in [6.45, 7) is 2.31. The number of amidine groups is 1. The number of nitrogens with zero attached hydrogens (tertiary/aromatic N) is 3. The zero-order valence-corrected chi connectivity index (χ0v) is 11.1. The van der Waals surface area contributed by atoms with Crippen LogP contribution in [0.5, 0.6) is 0 Å². The van der Waals surface area contributed by atoms with E-state index in [0.29, 0.717) is 12.2 Å². The highest BCUT2D eigenvalue weighted by molar-refractivity contribution is 5.97. The van der Waals surface area contributed by atoms with Crippen LogP contribution in [0.1, 0.15) is 18.4 Å². The van der Waals surface area contributed by atoms with E-state index in [1.165, 1.54) is 12.8 Å². The van der Waals surface area contributed by atoms with Crippen LogP contribution in [0.3, 0.4) is 0 Å². The topological polar surface area (TPSA) is 84.0 Å². The Morgan fingerprint density at radius 2 is 2.42 bits per heavy atom. The van der Waals surface area contributed by atoms with Crippen molar-refractivity contribution >= 4 is 11.7 Å². The van der Waals surface area contributed by atoms with Crippen molar-refractivity contribution < 1.29 is 9.94 Å². The van der Waals surface area contributed by atoms with Crippen molar-refractivity contribution in [2.75, 3.05) is 31.7 Å². The van der Waals surface area contributed by atoms with Crippen molar-refractivity contribution in [1.29, 1.82) is 0 Å². The van der Waals surface area contributed by atoms with Crippen molar-refractivity contribution in [2.45, 2.75) is 12.8 Å². The van der Waals surface area contributed by atoms with E-state index in [1.54, 1.807) is 18.3 Å². The molecule has 1 aliphatic rings. The average molecular weight is 264 g/mol. The fourth-order valence-electron chi connectivity index (χ4n) is 1.69. The summed E-state index contributed by atoms with van der Waals surface area (Å²) >= 11 is 0. The van der Waals surface area contributed by atoms with E-state index in [9.17, 15) is 0 Å². The largest absolute Gasteiger partial charge is 0.409 e. The minimum Gasteiger partial charge on any atom is -0.409 e. The van der Waals surface area contributed by atoms with Gasteiger partial charge in [-0.1, -0.05) is 5.16 Å². The standard InChI is InChI=1S/C13H20N4O2/c1-17(6-7-19-9-10-2-3-10)12-8-11(4-5-15-12)13(14)16-18/h4-5,8,10,18H,2-3,6-7,9H2,1H3,(H2,14,16). The van der Waals surface area contributed by atoms with Crippen molar-refractivity contribution in [1.82, 2.24) is 4.98 Å². The molecule has 0 aliphatic heterocycles. The highest BCUT2D eigenvalue weighted by Crippen LogP contribution is 2.28. The SMILES string of the molecule is CN(CCOCC1CC1)c1cc(C(N)=NO)ccn1. The van der Waals surface area contributed by atoms with Gasteiger partial charge in [0, 0.05) is 32.0 Å². The van der Waals surface area contributed by atoms with Gasteiger partial charge >= 0.3 is 0 Å². The first-order valence-corrected chi connectivity index (χ1v) is 6.43. The number of rotatable bonds is 7. The lowest BCUT2D eigenvalue weighted by Crippen LogP contribution is -2.24. The van der Waals surface area contributed by atoms with E-state index in [1.807, 2.05) is 11.9 Å². The Morgan fingerprint density at radius 1 is 1.63 bits per heavy atom. The van der Waals surface area contributed by atoms with Crippen LogP contribution in [0.25, 0.3) is 0 Å². The summed E-state index contributed by atoms with van der Waals surface area (Å²) in [5.74, 6) is 1.65. The monoisotopic (exact) mass is 264 g/mol. The molecule has 2 rings (SSSR count). The number of hydrogen-bond donors (Lipinski definition) is 2. The predicted octanol–water partition coefficient (Wildman–Crippen LogP) is 1.04. The number of anilines is 1. The first-order chi connectivity index (χ1) is 9.20. The molecule has 6 nitrogen and oxygen atoms in total. The quantitative estimate of drug-likeness (QED) is 0.253. The van der Waals surface area contributed by atoms with Gasteiger partial charge in [-0.25, -0.2) is 4.98 Å². The molecule has 0 atom stereocenters. The maximum atomic E-state index is 8.66. The van der Waals surface area contributed by atoms with Crippen LogP contribution in [-0.4, -0.2) is 42.8 Å². The van der Waals surface area contributed by atoms with Crippen LogP contribution in [-0.2, 0) is 4.74 Å². The zero-order valence-electron chi connectivity index (χ0n) is 11.1. The van der Waals surface area contributed by atoms with Crippen molar-refractivity contribution in [3.8, 4) is 0 Å². The minimum atomic E-state index is 0.0852. The molecule has 1 saturated carbocycles. The van der Waals surface area contributed by atoms with Gasteiger partial charge in [0.25, 0.3) is 0 Å². The number of oxime groups is 1. The number of aromatic nitrogens is 1. The molecule has 0 bridgehead atoms. The average Bonchev–Trinajstić information content (AvgIpc) is 3.26. The van der Waals surface area contributed by atoms with Crippen LogP contribution in [0.15, 0.2) is 23.5 Å². The second-order valence-electron chi connectivity index (χ2n) is 4.83. The fraction of sp³-hybridized carbons (Fsp3) is 0.538. The molecule has 19 heavy (non-hydrogen) atoms. The molecular weight excluding hydrogens is 244 g/mol. The first-order valence-electron chi connectivity index (χ1n) is 6.43. The van der Waals surface area contributed by atoms with E-state index in [-0.39, 0.29) is 5.84 Å². The van der Waals surface area contributed by atoms with Gasteiger partial charge in [0.1, 0.15) is 5.82 Å². The Balaban J connectivity index is 1.84. The number of hydrogen-bond acceptors (Lipinski definition) is 5. The number of nitrogens with two attached hydrogens (primary N) is 1. The summed E-state index contributed by atoms with van der Waals surface area (Å²) < 4.78 is 5.59. The summed E-state index contributed by atoms with van der Waals surface area (Å²) in [5.41, 5.74) is 6.21. The summed E-state index contributed by atoms with van der Waals surface area (Å²) in [6.07, 6.45) is 4.25. The minimum absolute atomic E-state index is 0.0852. The molecule has 1 heterocycles. The van der Waals surface area contributed by atoms with Crippen LogP contribution in [0.2, 0.25) is 0 Å². The van der Waals surface area contributed by atoms with Gasteiger partial charge in [-0.2, -0.15) is 0 Å². The van der Waals surface area contributed by atoms with Gasteiger partial charge in [0.15, 0.2) is 5.84 Å². The lowest BCUT2D eigenvalue weighted by Gasteiger charge is -2.18. The smallest absolute Gasteiger partial charge is 0.170 e. The van der Waals surface area contributed by atoms with Crippen molar-refractivity contribution in [2.24, 2.45) is 16.8 Å². The van der Waals surface area contributed by atoms with E-state index < -0.39 is 0 Å². The van der Waals surface area contributed by atoms with E-state index >= 15 is 0 Å². The van der Waals surface area contributed by atoms with Crippen LogP contribution in [0.4, 0.5) is 5.82 Å². The highest BCUT2D eigenvalue weighted by Gasteiger charge is 2.21. The molecule has 1 aromatic rings. The molecule has 1 aliphatic carbocycles. The highest BCUT2D eigenvalue weighted by atomic mass is 16.5. The Labute approximate surface area is 112 Å². The van der Waals surface area contributed by atoms with E-state index in [2.05, 4.69) is 10.1 Å². The van der Waals surface area contributed by atoms with E-state index in [4.69, 9.17) is 15.7 Å². The number of likely N-dealkylation sites (N-methyl/N-ethyl adjacent to an activating group) is 1. The van der Waals surface area contributed by atoms with Gasteiger partial charge in [-0.15, -0.1) is 0 Å². The fourth-order valence-corrected chi connectivity index (χ4v) is 1.69. The molecule has 0 spiro atoms. The number of ether oxygens (including phenoxy) is 1. The molecule has 1 aromatic heterocycles. The normalized spacial score (nSPS) is 15.5. The summed E-state index contributed by atoms with van der Waals surface area (Å²) in [4.78, 5) is 6.25. The van der Waals surface area contributed by atoms with Crippen molar-refractivity contribution in [3.05, 3.63) is 23.9 Å². The molecule has 104 valence electrons. The van der Waals surface area contributed by atoms with Gasteiger partial charge in [0.05, 0.1) is 6.61 Å². The van der Waals surface area contributed by atoms with E-state index in [0.717, 1.165) is 24.9 Å². The predicted molar refractivity (Wildman–Crippen MR) is 73.6 cm³/mol. The third-order valence-electron chi connectivity index (χ3n) is 3.16. The summed E-state index contributed by atoms with van der Waals surface area (Å²) in [5, 5.41) is 11.6. The Bertz CT molecular complexity index is 446. The van der Waals surface area contributed by atoms with Crippen LogP contribution < -0.4 is 10.6 Å². The third kappa shape index (κ3) is 4.10. The molecular formula is C13H20N4O2. The Hall–Kier alpha value is -1.82. The molecule has 0 radical (unpaired) electrons. The molecule has 0 aromatic carbocycles. The summed E-state index contributed by atoms with van der Waals surface area (Å²) in [7, 11) is 1.94. The van der Waals surface area contributed by atoms with Crippen LogP contribution in [0, 0.1) is 5.92 Å².